The van der Waals surface area contributed by atoms with Gasteiger partial charge in [0.1, 0.15) is 0 Å². The number of H-pyrrole nitrogens is 1. The molecule has 3 aliphatic rings. The summed E-state index contributed by atoms with van der Waals surface area (Å²) in [5, 5.41) is 3.34. The summed E-state index contributed by atoms with van der Waals surface area (Å²) in [6, 6.07) is 2.40. The molecule has 156 valence electrons. The van der Waals surface area contributed by atoms with E-state index in [1.165, 1.54) is 25.8 Å². The molecule has 2 aromatic rings. The van der Waals surface area contributed by atoms with Gasteiger partial charge in [-0.3, -0.25) is 19.6 Å². The van der Waals surface area contributed by atoms with Gasteiger partial charge >= 0.3 is 0 Å². The first kappa shape index (κ1) is 18.9. The molecule has 2 saturated heterocycles. The predicted molar refractivity (Wildman–Crippen MR) is 111 cm³/mol. The van der Waals surface area contributed by atoms with E-state index in [1.807, 2.05) is 17.9 Å². The lowest BCUT2D eigenvalue weighted by Crippen LogP contribution is -2.29. The van der Waals surface area contributed by atoms with Crippen LogP contribution in [0.5, 0.6) is 0 Å². The van der Waals surface area contributed by atoms with Crippen LogP contribution in [0.3, 0.4) is 0 Å². The number of hydrogen-bond donors (Lipinski definition) is 1. The third-order valence-corrected chi connectivity index (χ3v) is 6.89. The van der Waals surface area contributed by atoms with Gasteiger partial charge in [0.2, 0.25) is 5.91 Å². The van der Waals surface area contributed by atoms with Gasteiger partial charge in [-0.15, -0.1) is 0 Å². The lowest BCUT2D eigenvalue weighted by Gasteiger charge is -2.23. The first-order chi connectivity index (χ1) is 14.1. The smallest absolute Gasteiger partial charge is 0.276 e. The molecule has 1 N–H and O–H groups in total. The van der Waals surface area contributed by atoms with Crippen LogP contribution in [0.4, 0.5) is 0 Å². The molecule has 1 saturated carbocycles. The van der Waals surface area contributed by atoms with Crippen molar-refractivity contribution < 1.29 is 4.79 Å². The Labute approximate surface area is 171 Å². The van der Waals surface area contributed by atoms with Crippen molar-refractivity contribution in [2.45, 2.75) is 64.3 Å². The van der Waals surface area contributed by atoms with Gasteiger partial charge in [-0.2, -0.15) is 0 Å². The van der Waals surface area contributed by atoms with Crippen molar-refractivity contribution in [2.75, 3.05) is 26.2 Å². The number of carbonyl (C=O) groups excluding carboxylic acids is 1. The molecule has 5 rings (SSSR count). The van der Waals surface area contributed by atoms with Gasteiger partial charge in [-0.1, -0.05) is 0 Å². The third kappa shape index (κ3) is 3.72. The average molecular weight is 398 g/mol. The quantitative estimate of drug-likeness (QED) is 0.813. The molecule has 2 aliphatic heterocycles. The van der Waals surface area contributed by atoms with Crippen LogP contribution in [0.2, 0.25) is 0 Å². The van der Waals surface area contributed by atoms with Crippen molar-refractivity contribution in [2.24, 2.45) is 5.92 Å². The van der Waals surface area contributed by atoms with Gasteiger partial charge in [0, 0.05) is 43.4 Å². The third-order valence-electron chi connectivity index (χ3n) is 6.89. The van der Waals surface area contributed by atoms with E-state index in [9.17, 15) is 9.59 Å². The first-order valence-corrected chi connectivity index (χ1v) is 11.2. The molecule has 1 atom stereocenters. The number of nitrogens with one attached hydrogen (secondary N) is 1. The van der Waals surface area contributed by atoms with Crippen LogP contribution in [0.25, 0.3) is 5.65 Å². The topological polar surface area (TPSA) is 73.7 Å². The number of aromatic nitrogens is 3. The van der Waals surface area contributed by atoms with E-state index >= 15 is 0 Å². The number of rotatable bonds is 6. The van der Waals surface area contributed by atoms with Gasteiger partial charge in [0.15, 0.2) is 5.65 Å². The number of nitrogens with zero attached hydrogens (tertiary/aromatic N) is 4. The fraction of sp³-hybridized carbons (Fsp3) is 0.682. The largest absolute Gasteiger partial charge is 0.343 e. The average Bonchev–Trinajstić information content (AvgIpc) is 3.11. The summed E-state index contributed by atoms with van der Waals surface area (Å²) in [4.78, 5) is 34.7. The minimum Gasteiger partial charge on any atom is -0.343 e. The van der Waals surface area contributed by atoms with Crippen molar-refractivity contribution in [3.05, 3.63) is 33.4 Å². The van der Waals surface area contributed by atoms with Gasteiger partial charge in [-0.05, 0) is 64.3 Å². The summed E-state index contributed by atoms with van der Waals surface area (Å²) in [6.45, 7) is 5.91. The second kappa shape index (κ2) is 7.59. The lowest BCUT2D eigenvalue weighted by molar-refractivity contribution is -0.130. The van der Waals surface area contributed by atoms with E-state index in [-0.39, 0.29) is 11.5 Å². The Morgan fingerprint density at radius 1 is 1.17 bits per heavy atom. The van der Waals surface area contributed by atoms with Crippen molar-refractivity contribution in [3.63, 3.8) is 0 Å². The van der Waals surface area contributed by atoms with Crippen LogP contribution >= 0.6 is 0 Å². The molecule has 0 bridgehead atoms. The molecule has 7 nitrogen and oxygen atoms in total. The molecule has 3 fully saturated rings. The van der Waals surface area contributed by atoms with Gasteiger partial charge in [0.05, 0.1) is 11.7 Å². The summed E-state index contributed by atoms with van der Waals surface area (Å²) in [5.41, 5.74) is 3.13. The Hall–Kier alpha value is -2.15. The van der Waals surface area contributed by atoms with Gasteiger partial charge in [0.25, 0.3) is 5.56 Å². The zero-order valence-electron chi connectivity index (χ0n) is 17.3. The number of aryl methyl sites for hydroxylation is 1. The normalized spacial score (nSPS) is 22.8. The number of likely N-dealkylation sites (tertiary alicyclic amines) is 2. The maximum Gasteiger partial charge on any atom is 0.276 e. The summed E-state index contributed by atoms with van der Waals surface area (Å²) < 4.78 is 1.59. The Kier molecular flexibility index (Phi) is 4.94. The Balaban J connectivity index is 1.37. The van der Waals surface area contributed by atoms with E-state index in [2.05, 4.69) is 10.00 Å². The van der Waals surface area contributed by atoms with E-state index in [4.69, 9.17) is 4.98 Å². The second-order valence-electron chi connectivity index (χ2n) is 9.07. The minimum atomic E-state index is -0.0558. The molecular formula is C22H31N5O2. The SMILES string of the molecule is Cc1nc2cc([C@@H]3CCCN3CC3CC3)[nH]n2c(=O)c1CCC(=O)N1CCCC1. The molecule has 7 heteroatoms. The van der Waals surface area contributed by atoms with Crippen LogP contribution in [0.15, 0.2) is 10.9 Å². The highest BCUT2D eigenvalue weighted by Gasteiger charge is 2.33. The van der Waals surface area contributed by atoms with Crippen molar-refractivity contribution in [1.29, 1.82) is 0 Å². The molecule has 29 heavy (non-hydrogen) atoms. The zero-order chi connectivity index (χ0) is 20.0. The number of aromatic amines is 1. The second-order valence-corrected chi connectivity index (χ2v) is 9.07. The Bertz CT molecular complexity index is 967. The van der Waals surface area contributed by atoms with Crippen LogP contribution in [-0.4, -0.2) is 56.5 Å². The standard InChI is InChI=1S/C22H31N5O2/c1-15-17(8-9-21(28)25-10-2-3-11-25)22(29)27-20(23-15)13-18(24-27)19-5-4-12-26(19)14-16-6-7-16/h13,16,19,24H,2-12,14H2,1H3/t19-/m0/s1. The maximum absolute atomic E-state index is 13.1. The molecule has 4 heterocycles. The van der Waals surface area contributed by atoms with Crippen LogP contribution in [0.1, 0.15) is 67.9 Å². The fourth-order valence-electron chi connectivity index (χ4n) is 5.03. The van der Waals surface area contributed by atoms with Crippen molar-refractivity contribution >= 4 is 11.6 Å². The summed E-state index contributed by atoms with van der Waals surface area (Å²) in [7, 11) is 0. The molecule has 0 unspecified atom stereocenters. The highest BCUT2D eigenvalue weighted by Crippen LogP contribution is 2.37. The van der Waals surface area contributed by atoms with Crippen molar-refractivity contribution in [3.8, 4) is 0 Å². The number of hydrogen-bond acceptors (Lipinski definition) is 4. The Morgan fingerprint density at radius 2 is 1.97 bits per heavy atom. The molecule has 0 radical (unpaired) electrons. The van der Waals surface area contributed by atoms with E-state index in [0.717, 1.165) is 56.2 Å². The Morgan fingerprint density at radius 3 is 2.72 bits per heavy atom. The van der Waals surface area contributed by atoms with Crippen LogP contribution in [0, 0.1) is 12.8 Å². The molecule has 0 aromatic carbocycles. The first-order valence-electron chi connectivity index (χ1n) is 11.2. The van der Waals surface area contributed by atoms with Gasteiger partial charge < -0.3 is 4.90 Å². The highest BCUT2D eigenvalue weighted by molar-refractivity contribution is 5.76. The molecule has 1 aliphatic carbocycles. The lowest BCUT2D eigenvalue weighted by atomic mass is 10.1. The summed E-state index contributed by atoms with van der Waals surface area (Å²) in [5.74, 6) is 1.02. The zero-order valence-corrected chi connectivity index (χ0v) is 17.3. The molecule has 0 spiro atoms. The van der Waals surface area contributed by atoms with E-state index < -0.39 is 0 Å². The monoisotopic (exact) mass is 397 g/mol. The number of amides is 1. The fourth-order valence-corrected chi connectivity index (χ4v) is 5.03. The van der Waals surface area contributed by atoms with Crippen LogP contribution in [-0.2, 0) is 11.2 Å². The summed E-state index contributed by atoms with van der Waals surface area (Å²) in [6.07, 6.45) is 8.07. The minimum absolute atomic E-state index is 0.0558. The predicted octanol–water partition coefficient (Wildman–Crippen LogP) is 2.43. The number of fused-ring (bicyclic) bond motifs is 1. The van der Waals surface area contributed by atoms with Crippen LogP contribution < -0.4 is 5.56 Å². The number of carbonyl (C=O) groups is 1. The highest BCUT2D eigenvalue weighted by atomic mass is 16.2. The molecule has 1 amide bonds. The summed E-state index contributed by atoms with van der Waals surface area (Å²) >= 11 is 0. The molecular weight excluding hydrogens is 366 g/mol. The molecule has 2 aromatic heterocycles. The van der Waals surface area contributed by atoms with Gasteiger partial charge in [-0.25, -0.2) is 9.50 Å². The van der Waals surface area contributed by atoms with E-state index in [0.29, 0.717) is 30.1 Å². The van der Waals surface area contributed by atoms with E-state index in [1.54, 1.807) is 4.52 Å². The maximum atomic E-state index is 13.1. The van der Waals surface area contributed by atoms with Crippen molar-refractivity contribution in [1.82, 2.24) is 24.4 Å².